The van der Waals surface area contributed by atoms with Gasteiger partial charge in [-0.25, -0.2) is 0 Å². The highest BCUT2D eigenvalue weighted by Crippen LogP contribution is 2.34. The summed E-state index contributed by atoms with van der Waals surface area (Å²) in [4.78, 5) is 14.4. The van der Waals surface area contributed by atoms with Gasteiger partial charge in [0.05, 0.1) is 23.7 Å². The number of rotatable bonds is 4. The molecule has 1 heterocycles. The molecule has 0 aliphatic carbocycles. The summed E-state index contributed by atoms with van der Waals surface area (Å²) in [6, 6.07) is 12.0. The molecule has 0 spiro atoms. The Balaban J connectivity index is 1.76. The average Bonchev–Trinajstić information content (AvgIpc) is 3.03. The second-order valence-electron chi connectivity index (χ2n) is 6.90. The first-order valence-electron chi connectivity index (χ1n) is 8.60. The van der Waals surface area contributed by atoms with E-state index in [9.17, 15) is 23.1 Å². The Kier molecular flexibility index (Phi) is 5.04. The lowest BCUT2D eigenvalue weighted by molar-refractivity contribution is -0.138. The second-order valence-corrected chi connectivity index (χ2v) is 6.90. The first-order valence-corrected chi connectivity index (χ1v) is 8.60. The van der Waals surface area contributed by atoms with E-state index in [1.54, 1.807) is 0 Å². The molecule has 146 valence electrons. The largest absolute Gasteiger partial charge is 0.417 e. The third-order valence-electron chi connectivity index (χ3n) is 4.67. The summed E-state index contributed by atoms with van der Waals surface area (Å²) in [5, 5.41) is 21.8. The van der Waals surface area contributed by atoms with Crippen LogP contribution in [0.1, 0.15) is 23.6 Å². The van der Waals surface area contributed by atoms with E-state index in [2.05, 4.69) is 5.32 Å². The summed E-state index contributed by atoms with van der Waals surface area (Å²) in [6.07, 6.45) is -3.94. The molecule has 1 atom stereocenters. The topological polar surface area (TPSA) is 76.4 Å². The number of anilines is 2. The predicted molar refractivity (Wildman–Crippen MR) is 97.8 cm³/mol. The highest BCUT2D eigenvalue weighted by atomic mass is 19.4. The SMILES string of the molecule is C[C@](O)(CN1CCc2ccccc21)C(=O)Nc1ccc(C#N)c(C(F)(F)F)c1. The van der Waals surface area contributed by atoms with E-state index < -0.39 is 28.8 Å². The summed E-state index contributed by atoms with van der Waals surface area (Å²) in [6.45, 7) is 1.95. The number of benzene rings is 2. The van der Waals surface area contributed by atoms with Crippen LogP contribution in [0, 0.1) is 11.3 Å². The van der Waals surface area contributed by atoms with Gasteiger partial charge in [0.1, 0.15) is 0 Å². The number of amides is 1. The Bertz CT molecular complexity index is 948. The van der Waals surface area contributed by atoms with Gasteiger partial charge in [-0.2, -0.15) is 18.4 Å². The van der Waals surface area contributed by atoms with Crippen LogP contribution in [0.2, 0.25) is 0 Å². The number of nitriles is 1. The summed E-state index contributed by atoms with van der Waals surface area (Å²) in [7, 11) is 0. The smallest absolute Gasteiger partial charge is 0.378 e. The van der Waals surface area contributed by atoms with Crippen molar-refractivity contribution in [1.29, 1.82) is 5.26 Å². The molecule has 2 aromatic carbocycles. The first-order chi connectivity index (χ1) is 13.1. The van der Waals surface area contributed by atoms with E-state index in [-0.39, 0.29) is 12.2 Å². The minimum atomic E-state index is -4.73. The molecule has 0 unspecified atom stereocenters. The number of fused-ring (bicyclic) bond motifs is 1. The minimum absolute atomic E-state index is 0.00173. The van der Waals surface area contributed by atoms with Crippen molar-refractivity contribution in [2.24, 2.45) is 0 Å². The zero-order chi connectivity index (χ0) is 20.5. The van der Waals surface area contributed by atoms with Gasteiger partial charge in [0.15, 0.2) is 5.60 Å². The Morgan fingerprint density at radius 2 is 2.00 bits per heavy atom. The molecular formula is C20H18F3N3O2. The molecule has 0 saturated carbocycles. The number of alkyl halides is 3. The number of aliphatic hydroxyl groups is 1. The maximum Gasteiger partial charge on any atom is 0.417 e. The standard InChI is InChI=1S/C20H18F3N3O2/c1-19(28,12-26-9-8-13-4-2-3-5-17(13)26)18(27)25-15-7-6-14(11-24)16(10-15)20(21,22)23/h2-7,10,28H,8-9,12H2,1H3,(H,25,27)/t19-/m0/s1. The number of nitrogens with one attached hydrogen (secondary N) is 1. The van der Waals surface area contributed by atoms with E-state index in [1.807, 2.05) is 29.2 Å². The fraction of sp³-hybridized carbons (Fsp3) is 0.300. The fourth-order valence-electron chi connectivity index (χ4n) is 3.23. The molecule has 1 aliphatic rings. The van der Waals surface area contributed by atoms with E-state index >= 15 is 0 Å². The second kappa shape index (κ2) is 7.17. The van der Waals surface area contributed by atoms with Crippen LogP contribution in [-0.2, 0) is 17.4 Å². The van der Waals surface area contributed by atoms with Crippen molar-refractivity contribution >= 4 is 17.3 Å². The van der Waals surface area contributed by atoms with Crippen molar-refractivity contribution in [3.05, 3.63) is 59.2 Å². The number of carbonyl (C=O) groups excluding carboxylic acids is 1. The number of hydrogen-bond acceptors (Lipinski definition) is 4. The molecule has 28 heavy (non-hydrogen) atoms. The molecular weight excluding hydrogens is 371 g/mol. The molecule has 0 fully saturated rings. The van der Waals surface area contributed by atoms with Gasteiger partial charge in [-0.1, -0.05) is 18.2 Å². The highest BCUT2D eigenvalue weighted by Gasteiger charge is 2.36. The Morgan fingerprint density at radius 1 is 1.29 bits per heavy atom. The highest BCUT2D eigenvalue weighted by molar-refractivity contribution is 5.97. The van der Waals surface area contributed by atoms with Crippen LogP contribution >= 0.6 is 0 Å². The Hall–Kier alpha value is -3.05. The van der Waals surface area contributed by atoms with Gasteiger partial charge in [-0.15, -0.1) is 0 Å². The predicted octanol–water partition coefficient (Wildman–Crippen LogP) is 3.33. The van der Waals surface area contributed by atoms with Crippen LogP contribution in [0.4, 0.5) is 24.5 Å². The number of carbonyl (C=O) groups is 1. The minimum Gasteiger partial charge on any atom is -0.378 e. The summed E-state index contributed by atoms with van der Waals surface area (Å²) < 4.78 is 39.2. The van der Waals surface area contributed by atoms with Crippen molar-refractivity contribution in [3.63, 3.8) is 0 Å². The van der Waals surface area contributed by atoms with Crippen LogP contribution in [0.25, 0.3) is 0 Å². The molecule has 0 radical (unpaired) electrons. The molecule has 8 heteroatoms. The maximum atomic E-state index is 13.1. The number of nitrogens with zero attached hydrogens (tertiary/aromatic N) is 2. The zero-order valence-corrected chi connectivity index (χ0v) is 15.0. The molecule has 3 rings (SSSR count). The number of hydrogen-bond donors (Lipinski definition) is 2. The Labute approximate surface area is 160 Å². The van der Waals surface area contributed by atoms with E-state index in [0.29, 0.717) is 12.6 Å². The van der Waals surface area contributed by atoms with Gasteiger partial charge in [-0.3, -0.25) is 4.79 Å². The summed E-state index contributed by atoms with van der Waals surface area (Å²) in [5.41, 5.74) is -1.61. The van der Waals surface area contributed by atoms with Crippen molar-refractivity contribution in [3.8, 4) is 6.07 Å². The molecule has 0 bridgehead atoms. The van der Waals surface area contributed by atoms with Crippen LogP contribution in [0.15, 0.2) is 42.5 Å². The molecule has 1 amide bonds. The third kappa shape index (κ3) is 3.94. The van der Waals surface area contributed by atoms with Crippen LogP contribution < -0.4 is 10.2 Å². The lowest BCUT2D eigenvalue weighted by Crippen LogP contribution is -2.49. The summed E-state index contributed by atoms with van der Waals surface area (Å²) in [5.74, 6) is -0.824. The molecule has 5 nitrogen and oxygen atoms in total. The average molecular weight is 389 g/mol. The van der Waals surface area contributed by atoms with Gasteiger partial charge in [0, 0.05) is 17.9 Å². The van der Waals surface area contributed by atoms with E-state index in [1.165, 1.54) is 19.1 Å². The van der Waals surface area contributed by atoms with Crippen molar-refractivity contribution in [2.45, 2.75) is 25.1 Å². The van der Waals surface area contributed by atoms with Crippen molar-refractivity contribution in [1.82, 2.24) is 0 Å². The van der Waals surface area contributed by atoms with Crippen LogP contribution in [0.5, 0.6) is 0 Å². The van der Waals surface area contributed by atoms with E-state index in [4.69, 9.17) is 5.26 Å². The van der Waals surface area contributed by atoms with Gasteiger partial charge in [-0.05, 0) is 43.2 Å². The van der Waals surface area contributed by atoms with Gasteiger partial charge in [0.25, 0.3) is 5.91 Å². The van der Waals surface area contributed by atoms with E-state index in [0.717, 1.165) is 23.7 Å². The first kappa shape index (κ1) is 19.7. The van der Waals surface area contributed by atoms with Gasteiger partial charge < -0.3 is 15.3 Å². The number of β-amino-alcohol motifs (C(OH)–C–C–N with tert-alkyl or cyclic N) is 1. The molecule has 2 aromatic rings. The third-order valence-corrected chi connectivity index (χ3v) is 4.67. The monoisotopic (exact) mass is 389 g/mol. The molecule has 0 saturated heterocycles. The van der Waals surface area contributed by atoms with Crippen molar-refractivity contribution in [2.75, 3.05) is 23.3 Å². The normalized spacial score (nSPS) is 15.5. The summed E-state index contributed by atoms with van der Waals surface area (Å²) >= 11 is 0. The van der Waals surface area contributed by atoms with Crippen LogP contribution in [0.3, 0.4) is 0 Å². The lowest BCUT2D eigenvalue weighted by Gasteiger charge is -2.29. The molecule has 0 aromatic heterocycles. The Morgan fingerprint density at radius 3 is 2.68 bits per heavy atom. The quantitative estimate of drug-likeness (QED) is 0.841. The molecule has 2 N–H and O–H groups in total. The zero-order valence-electron chi connectivity index (χ0n) is 15.0. The fourth-order valence-corrected chi connectivity index (χ4v) is 3.23. The maximum absolute atomic E-state index is 13.1. The van der Waals surface area contributed by atoms with Crippen LogP contribution in [-0.4, -0.2) is 29.7 Å². The number of halogens is 3. The lowest BCUT2D eigenvalue weighted by atomic mass is 10.0. The molecule has 1 aliphatic heterocycles. The van der Waals surface area contributed by atoms with Gasteiger partial charge in [0.2, 0.25) is 0 Å². The number of para-hydroxylation sites is 1. The van der Waals surface area contributed by atoms with Crippen molar-refractivity contribution < 1.29 is 23.1 Å². The van der Waals surface area contributed by atoms with Gasteiger partial charge >= 0.3 is 6.18 Å².